The fourth-order valence-electron chi connectivity index (χ4n) is 0.610. The molecule has 6 nitrogen and oxygen atoms in total. The van der Waals surface area contributed by atoms with Crippen molar-refractivity contribution in [2.75, 3.05) is 41.2 Å². The summed E-state index contributed by atoms with van der Waals surface area (Å²) in [5.41, 5.74) is 0. The molecule has 0 bridgehead atoms. The standard InChI is InChI=1S/3C4H8O2.6CH4/c3*1-4(5)3-6-2;;;;;;/h3*3H2,1-2H3;6*1H4. The van der Waals surface area contributed by atoms with Gasteiger partial charge in [0.25, 0.3) is 0 Å². The second-order valence-electron chi connectivity index (χ2n) is 3.41. The van der Waals surface area contributed by atoms with E-state index in [0.29, 0.717) is 0 Å². The molecule has 156 valence electrons. The van der Waals surface area contributed by atoms with Crippen LogP contribution in [-0.2, 0) is 28.6 Å². The number of hydrogen-bond acceptors (Lipinski definition) is 6. The van der Waals surface area contributed by atoms with E-state index in [4.69, 9.17) is 0 Å². The molecule has 0 heterocycles. The number of ketones is 3. The Kier molecular flexibility index (Phi) is 117. The van der Waals surface area contributed by atoms with E-state index in [2.05, 4.69) is 14.2 Å². The van der Waals surface area contributed by atoms with Gasteiger partial charge in [-0.25, -0.2) is 0 Å². The maximum atomic E-state index is 9.92. The predicted octanol–water partition coefficient (Wildman–Crippen LogP) is 4.48. The molecule has 0 aromatic rings. The van der Waals surface area contributed by atoms with Crippen molar-refractivity contribution in [1.29, 1.82) is 0 Å². The van der Waals surface area contributed by atoms with Gasteiger partial charge in [-0.3, -0.25) is 14.4 Å². The van der Waals surface area contributed by atoms with Crippen molar-refractivity contribution >= 4 is 17.3 Å². The van der Waals surface area contributed by atoms with Crippen molar-refractivity contribution in [3.8, 4) is 0 Å². The summed E-state index contributed by atoms with van der Waals surface area (Å²) < 4.78 is 13.4. The van der Waals surface area contributed by atoms with Gasteiger partial charge >= 0.3 is 0 Å². The van der Waals surface area contributed by atoms with Crippen molar-refractivity contribution in [2.45, 2.75) is 65.3 Å². The third-order valence-corrected chi connectivity index (χ3v) is 1.04. The van der Waals surface area contributed by atoms with Gasteiger partial charge in [0, 0.05) is 21.3 Å². The lowest BCUT2D eigenvalue weighted by Gasteiger charge is -1.84. The summed E-state index contributed by atoms with van der Waals surface area (Å²) in [7, 11) is 4.50. The van der Waals surface area contributed by atoms with Gasteiger partial charge in [0.1, 0.15) is 19.8 Å². The minimum absolute atomic E-state index is 0. The molecule has 24 heavy (non-hydrogen) atoms. The monoisotopic (exact) mass is 360 g/mol. The highest BCUT2D eigenvalue weighted by molar-refractivity contribution is 5.77. The first-order chi connectivity index (χ1) is 8.31. The first-order valence-electron chi connectivity index (χ1n) is 5.26. The zero-order valence-corrected chi connectivity index (χ0v) is 12.1. The van der Waals surface area contributed by atoms with Crippen LogP contribution >= 0.6 is 0 Å². The SMILES string of the molecule is C.C.C.C.C.C.COCC(C)=O.COCC(C)=O.COCC(C)=O. The molecule has 6 heteroatoms. The fourth-order valence-corrected chi connectivity index (χ4v) is 0.610. The lowest BCUT2D eigenvalue weighted by atomic mass is 10.5. The van der Waals surface area contributed by atoms with Crippen LogP contribution < -0.4 is 0 Å². The van der Waals surface area contributed by atoms with E-state index >= 15 is 0 Å². The number of carbonyl (C=O) groups is 3. The van der Waals surface area contributed by atoms with Crippen LogP contribution in [0.2, 0.25) is 0 Å². The van der Waals surface area contributed by atoms with Gasteiger partial charge in [-0.15, -0.1) is 0 Å². The average Bonchev–Trinajstić information content (AvgIpc) is 2.18. The van der Waals surface area contributed by atoms with E-state index in [1.165, 1.54) is 42.1 Å². The molecule has 0 aromatic carbocycles. The summed E-state index contributed by atoms with van der Waals surface area (Å²) in [5, 5.41) is 0. The van der Waals surface area contributed by atoms with E-state index in [1.807, 2.05) is 0 Å². The minimum Gasteiger partial charge on any atom is -0.377 e. The Balaban J connectivity index is -0.0000000179. The first-order valence-corrected chi connectivity index (χ1v) is 5.26. The Bertz CT molecular complexity index is 190. The maximum absolute atomic E-state index is 9.92. The number of hydrogen-bond donors (Lipinski definition) is 0. The van der Waals surface area contributed by atoms with E-state index < -0.39 is 0 Å². The third-order valence-electron chi connectivity index (χ3n) is 1.04. The molecule has 0 aliphatic carbocycles. The lowest BCUT2D eigenvalue weighted by Crippen LogP contribution is -1.98. The summed E-state index contributed by atoms with van der Waals surface area (Å²) in [5.74, 6) is 0.201. The van der Waals surface area contributed by atoms with Crippen molar-refractivity contribution in [2.24, 2.45) is 0 Å². The van der Waals surface area contributed by atoms with Crippen LogP contribution in [0, 0.1) is 0 Å². The molecule has 0 rings (SSSR count). The highest BCUT2D eigenvalue weighted by Crippen LogP contribution is 1.67. The average molecular weight is 361 g/mol. The van der Waals surface area contributed by atoms with Gasteiger partial charge < -0.3 is 14.2 Å². The largest absolute Gasteiger partial charge is 0.377 e. The molecule has 0 saturated carbocycles. The number of methoxy groups -OCH3 is 3. The second kappa shape index (κ2) is 49.5. The molecule has 0 fully saturated rings. The van der Waals surface area contributed by atoms with Gasteiger partial charge in [0.15, 0.2) is 17.3 Å². The number of rotatable bonds is 6. The van der Waals surface area contributed by atoms with Crippen LogP contribution in [0.15, 0.2) is 0 Å². The highest BCUT2D eigenvalue weighted by Gasteiger charge is 1.84. The molecule has 0 aliphatic heterocycles. The topological polar surface area (TPSA) is 78.9 Å². The van der Waals surface area contributed by atoms with Crippen molar-refractivity contribution in [3.63, 3.8) is 0 Å². The zero-order chi connectivity index (χ0) is 15.0. The van der Waals surface area contributed by atoms with Crippen LogP contribution in [0.3, 0.4) is 0 Å². The summed E-state index contributed by atoms with van der Waals surface area (Å²) in [6, 6.07) is 0. The first kappa shape index (κ1) is 56.9. The van der Waals surface area contributed by atoms with E-state index in [0.717, 1.165) is 0 Å². The minimum atomic E-state index is 0. The molecule has 0 saturated heterocycles. The number of carbonyl (C=O) groups excluding carboxylic acids is 3. The molecule has 0 radical (unpaired) electrons. The molecular weight excluding hydrogens is 312 g/mol. The Morgan fingerprint density at radius 3 is 0.625 bits per heavy atom. The van der Waals surface area contributed by atoms with E-state index in [1.54, 1.807) is 0 Å². The Morgan fingerprint density at radius 2 is 0.625 bits per heavy atom. The van der Waals surface area contributed by atoms with Crippen molar-refractivity contribution in [1.82, 2.24) is 0 Å². The quantitative estimate of drug-likeness (QED) is 0.694. The smallest absolute Gasteiger partial charge is 0.155 e. The molecule has 0 amide bonds. The summed E-state index contributed by atoms with van der Waals surface area (Å²) in [4.78, 5) is 29.8. The second-order valence-corrected chi connectivity index (χ2v) is 3.41. The summed E-state index contributed by atoms with van der Waals surface area (Å²) >= 11 is 0. The predicted molar refractivity (Wildman–Crippen MR) is 108 cm³/mol. The zero-order valence-electron chi connectivity index (χ0n) is 12.1. The van der Waals surface area contributed by atoms with Gasteiger partial charge in [-0.1, -0.05) is 44.6 Å². The lowest BCUT2D eigenvalue weighted by molar-refractivity contribution is -0.121. The van der Waals surface area contributed by atoms with Gasteiger partial charge in [0.05, 0.1) is 0 Å². The Labute approximate surface area is 153 Å². The van der Waals surface area contributed by atoms with Crippen LogP contribution in [0.1, 0.15) is 65.3 Å². The van der Waals surface area contributed by atoms with Crippen molar-refractivity contribution in [3.05, 3.63) is 0 Å². The fraction of sp³-hybridized carbons (Fsp3) is 0.833. The summed E-state index contributed by atoms with van der Waals surface area (Å²) in [6.07, 6.45) is 0. The molecule has 0 aromatic heterocycles. The van der Waals surface area contributed by atoms with Crippen LogP contribution in [0.5, 0.6) is 0 Å². The molecule has 0 spiro atoms. The molecule has 0 aliphatic rings. The van der Waals surface area contributed by atoms with E-state index in [9.17, 15) is 14.4 Å². The highest BCUT2D eigenvalue weighted by atomic mass is 16.5. The van der Waals surface area contributed by atoms with Crippen LogP contribution in [0.25, 0.3) is 0 Å². The third kappa shape index (κ3) is 133. The normalized spacial score (nSPS) is 6.25. The maximum Gasteiger partial charge on any atom is 0.155 e. The molecule has 0 N–H and O–H groups in total. The van der Waals surface area contributed by atoms with Crippen LogP contribution in [0.4, 0.5) is 0 Å². The van der Waals surface area contributed by atoms with E-state index in [-0.39, 0.29) is 81.7 Å². The number of ether oxygens (including phenoxy) is 3. The van der Waals surface area contributed by atoms with Gasteiger partial charge in [-0.2, -0.15) is 0 Å². The molecular formula is C18H48O6. The van der Waals surface area contributed by atoms with Crippen LogP contribution in [-0.4, -0.2) is 58.5 Å². The van der Waals surface area contributed by atoms with Crippen molar-refractivity contribution < 1.29 is 28.6 Å². The molecule has 0 unspecified atom stereocenters. The Hall–Kier alpha value is -1.11. The molecule has 0 atom stereocenters. The van der Waals surface area contributed by atoms with Gasteiger partial charge in [-0.05, 0) is 20.8 Å². The number of Topliss-reactive ketones (excluding diaryl/α,β-unsaturated/α-hetero) is 3. The van der Waals surface area contributed by atoms with Gasteiger partial charge in [0.2, 0.25) is 0 Å². The Morgan fingerprint density at radius 1 is 0.500 bits per heavy atom. The summed E-state index contributed by atoms with van der Waals surface area (Å²) in [6.45, 7) is 5.18.